The van der Waals surface area contributed by atoms with Crippen molar-refractivity contribution in [3.8, 4) is 11.5 Å². The fourth-order valence-corrected chi connectivity index (χ4v) is 3.39. The van der Waals surface area contributed by atoms with Gasteiger partial charge in [-0.15, -0.1) is 0 Å². The Bertz CT molecular complexity index is 892. The normalized spacial score (nSPS) is 10.5. The van der Waals surface area contributed by atoms with Gasteiger partial charge in [-0.3, -0.25) is 9.59 Å². The average Bonchev–Trinajstić information content (AvgIpc) is 2.58. The Labute approximate surface area is 167 Å². The SMILES string of the molecule is C=C(CCc1cc(C)c(OC(C)=O)c(C)c1)c1cc(C)c(OC(C)=O)c(C)c1. The predicted octanol–water partition coefficient (Wildman–Crippen LogP) is 5.42. The van der Waals surface area contributed by atoms with Gasteiger partial charge in [0.2, 0.25) is 0 Å². The number of hydrogen-bond acceptors (Lipinski definition) is 4. The maximum atomic E-state index is 11.3. The van der Waals surface area contributed by atoms with Gasteiger partial charge in [0.25, 0.3) is 0 Å². The quantitative estimate of drug-likeness (QED) is 0.496. The van der Waals surface area contributed by atoms with Crippen LogP contribution in [0.2, 0.25) is 0 Å². The van der Waals surface area contributed by atoms with Gasteiger partial charge in [-0.05, 0) is 91.6 Å². The van der Waals surface area contributed by atoms with Gasteiger partial charge in [-0.2, -0.15) is 0 Å². The molecular formula is C24H28O4. The maximum Gasteiger partial charge on any atom is 0.308 e. The van der Waals surface area contributed by atoms with Gasteiger partial charge in [0.05, 0.1) is 0 Å². The van der Waals surface area contributed by atoms with E-state index in [0.29, 0.717) is 11.5 Å². The molecule has 0 spiro atoms. The summed E-state index contributed by atoms with van der Waals surface area (Å²) in [7, 11) is 0. The van der Waals surface area contributed by atoms with Gasteiger partial charge in [-0.1, -0.05) is 18.7 Å². The molecule has 28 heavy (non-hydrogen) atoms. The minimum Gasteiger partial charge on any atom is -0.426 e. The van der Waals surface area contributed by atoms with E-state index in [0.717, 1.165) is 46.2 Å². The van der Waals surface area contributed by atoms with Crippen molar-refractivity contribution in [1.29, 1.82) is 0 Å². The largest absolute Gasteiger partial charge is 0.426 e. The number of esters is 2. The minimum absolute atomic E-state index is 0.310. The van der Waals surface area contributed by atoms with Crippen LogP contribution in [0.5, 0.6) is 11.5 Å². The molecule has 0 heterocycles. The number of aryl methyl sites for hydroxylation is 5. The molecule has 0 aliphatic carbocycles. The van der Waals surface area contributed by atoms with E-state index in [-0.39, 0.29) is 11.9 Å². The standard InChI is InChI=1S/C24H28O4/c1-14(22-12-17(4)24(18(5)13-22)28-20(7)26)8-9-21-10-15(2)23(16(3)11-21)27-19(6)25/h10-13H,1,8-9H2,2-7H3. The fourth-order valence-electron chi connectivity index (χ4n) is 3.39. The third kappa shape index (κ3) is 5.32. The number of allylic oxidation sites excluding steroid dienone is 1. The first kappa shape index (κ1) is 21.4. The number of rotatable bonds is 6. The summed E-state index contributed by atoms with van der Waals surface area (Å²) in [6.07, 6.45) is 1.64. The lowest BCUT2D eigenvalue weighted by molar-refractivity contribution is -0.132. The van der Waals surface area contributed by atoms with Crippen molar-refractivity contribution in [1.82, 2.24) is 0 Å². The van der Waals surface area contributed by atoms with Crippen molar-refractivity contribution in [2.45, 2.75) is 54.4 Å². The van der Waals surface area contributed by atoms with Crippen molar-refractivity contribution >= 4 is 17.5 Å². The number of hydrogen-bond donors (Lipinski definition) is 0. The second-order valence-electron chi connectivity index (χ2n) is 7.29. The zero-order chi connectivity index (χ0) is 21.0. The first-order valence-electron chi connectivity index (χ1n) is 9.34. The van der Waals surface area contributed by atoms with Crippen LogP contribution < -0.4 is 9.47 Å². The van der Waals surface area contributed by atoms with Crippen molar-refractivity contribution in [2.75, 3.05) is 0 Å². The van der Waals surface area contributed by atoms with E-state index in [1.807, 2.05) is 39.8 Å². The van der Waals surface area contributed by atoms with Crippen molar-refractivity contribution in [3.63, 3.8) is 0 Å². The van der Waals surface area contributed by atoms with Gasteiger partial charge in [0.15, 0.2) is 0 Å². The summed E-state index contributed by atoms with van der Waals surface area (Å²) in [5, 5.41) is 0. The third-order valence-electron chi connectivity index (χ3n) is 4.60. The molecule has 0 atom stereocenters. The molecule has 2 rings (SSSR count). The molecule has 2 aromatic carbocycles. The molecule has 0 saturated carbocycles. The van der Waals surface area contributed by atoms with Crippen LogP contribution in [0.1, 0.15) is 53.6 Å². The molecule has 0 bridgehead atoms. The van der Waals surface area contributed by atoms with Crippen LogP contribution in [-0.4, -0.2) is 11.9 Å². The van der Waals surface area contributed by atoms with Gasteiger partial charge >= 0.3 is 11.9 Å². The van der Waals surface area contributed by atoms with E-state index in [4.69, 9.17) is 9.47 Å². The minimum atomic E-state index is -0.319. The van der Waals surface area contributed by atoms with Crippen LogP contribution in [0.4, 0.5) is 0 Å². The van der Waals surface area contributed by atoms with Crippen molar-refractivity contribution < 1.29 is 19.1 Å². The zero-order valence-electron chi connectivity index (χ0n) is 17.6. The molecule has 0 amide bonds. The molecule has 0 aliphatic rings. The van der Waals surface area contributed by atoms with E-state index < -0.39 is 0 Å². The highest BCUT2D eigenvalue weighted by Gasteiger charge is 2.12. The van der Waals surface area contributed by atoms with Crippen molar-refractivity contribution in [3.05, 3.63) is 64.2 Å². The molecule has 4 heteroatoms. The van der Waals surface area contributed by atoms with E-state index in [1.54, 1.807) is 0 Å². The van der Waals surface area contributed by atoms with E-state index in [1.165, 1.54) is 19.4 Å². The summed E-state index contributed by atoms with van der Waals surface area (Å²) in [6, 6.07) is 8.12. The van der Waals surface area contributed by atoms with Gasteiger partial charge < -0.3 is 9.47 Å². The first-order valence-corrected chi connectivity index (χ1v) is 9.34. The second-order valence-corrected chi connectivity index (χ2v) is 7.29. The molecule has 0 aliphatic heterocycles. The number of carbonyl (C=O) groups is 2. The van der Waals surface area contributed by atoms with Crippen LogP contribution in [-0.2, 0) is 16.0 Å². The Morgan fingerprint density at radius 1 is 0.786 bits per heavy atom. The number of ether oxygens (including phenoxy) is 2. The summed E-state index contributed by atoms with van der Waals surface area (Å²) >= 11 is 0. The summed E-state index contributed by atoms with van der Waals surface area (Å²) in [5.41, 5.74) is 7.00. The molecule has 4 nitrogen and oxygen atoms in total. The number of benzene rings is 2. The topological polar surface area (TPSA) is 52.6 Å². The molecule has 0 radical (unpaired) electrons. The molecular weight excluding hydrogens is 352 g/mol. The van der Waals surface area contributed by atoms with E-state index in [2.05, 4.69) is 18.7 Å². The van der Waals surface area contributed by atoms with Crippen LogP contribution >= 0.6 is 0 Å². The molecule has 0 aromatic heterocycles. The second kappa shape index (κ2) is 8.87. The van der Waals surface area contributed by atoms with E-state index >= 15 is 0 Å². The highest BCUT2D eigenvalue weighted by atomic mass is 16.5. The maximum absolute atomic E-state index is 11.3. The molecule has 0 unspecified atom stereocenters. The Hall–Kier alpha value is -2.88. The van der Waals surface area contributed by atoms with Gasteiger partial charge in [-0.25, -0.2) is 0 Å². The molecule has 0 saturated heterocycles. The first-order chi connectivity index (χ1) is 13.1. The average molecular weight is 380 g/mol. The van der Waals surface area contributed by atoms with Gasteiger partial charge in [0, 0.05) is 13.8 Å². The molecule has 2 aromatic rings. The fraction of sp³-hybridized carbons (Fsp3) is 0.333. The van der Waals surface area contributed by atoms with Crippen LogP contribution in [0.25, 0.3) is 5.57 Å². The summed E-state index contributed by atoms with van der Waals surface area (Å²) in [5.74, 6) is 0.634. The lowest BCUT2D eigenvalue weighted by Gasteiger charge is -2.14. The van der Waals surface area contributed by atoms with Crippen molar-refractivity contribution in [2.24, 2.45) is 0 Å². The van der Waals surface area contributed by atoms with Crippen LogP contribution in [0, 0.1) is 27.7 Å². The van der Waals surface area contributed by atoms with Crippen LogP contribution in [0.15, 0.2) is 30.8 Å². The molecule has 148 valence electrons. The monoisotopic (exact) mass is 380 g/mol. The number of carbonyl (C=O) groups excluding carboxylic acids is 2. The predicted molar refractivity (Wildman–Crippen MR) is 112 cm³/mol. The summed E-state index contributed by atoms with van der Waals surface area (Å²) in [6.45, 7) is 14.8. The van der Waals surface area contributed by atoms with Crippen LogP contribution in [0.3, 0.4) is 0 Å². The highest BCUT2D eigenvalue weighted by molar-refractivity contribution is 5.72. The zero-order valence-corrected chi connectivity index (χ0v) is 17.6. The molecule has 0 fully saturated rings. The molecule has 0 N–H and O–H groups in total. The lowest BCUT2D eigenvalue weighted by Crippen LogP contribution is -2.05. The Balaban J connectivity index is 2.14. The lowest BCUT2D eigenvalue weighted by atomic mass is 9.95. The Morgan fingerprint density at radius 2 is 1.18 bits per heavy atom. The highest BCUT2D eigenvalue weighted by Crippen LogP contribution is 2.30. The smallest absolute Gasteiger partial charge is 0.308 e. The summed E-state index contributed by atoms with van der Waals surface area (Å²) in [4.78, 5) is 22.5. The third-order valence-corrected chi connectivity index (χ3v) is 4.60. The summed E-state index contributed by atoms with van der Waals surface area (Å²) < 4.78 is 10.6. The Kier molecular flexibility index (Phi) is 6.79. The Morgan fingerprint density at radius 3 is 1.57 bits per heavy atom. The van der Waals surface area contributed by atoms with E-state index in [9.17, 15) is 9.59 Å². The van der Waals surface area contributed by atoms with Gasteiger partial charge in [0.1, 0.15) is 11.5 Å².